The summed E-state index contributed by atoms with van der Waals surface area (Å²) in [7, 11) is 1.45. The predicted molar refractivity (Wildman–Crippen MR) is 60.6 cm³/mol. The molecule has 0 fully saturated rings. The Bertz CT molecular complexity index is 114. The van der Waals surface area contributed by atoms with E-state index in [0.717, 1.165) is 0 Å². The minimum absolute atomic E-state index is 0.650. The van der Waals surface area contributed by atoms with E-state index in [0.29, 0.717) is 0 Å². The van der Waals surface area contributed by atoms with Gasteiger partial charge in [-0.05, 0) is 26.2 Å². The summed E-state index contributed by atoms with van der Waals surface area (Å²) in [6.45, 7) is 12.1. The molecule has 0 heterocycles. The van der Waals surface area contributed by atoms with E-state index < -0.39 is 17.4 Å². The van der Waals surface area contributed by atoms with E-state index in [1.165, 1.54) is 0 Å². The molecular formula is C8H22O2Si2. The first-order chi connectivity index (χ1) is 5.39. The molecule has 0 radical (unpaired) electrons. The zero-order valence-electron chi connectivity index (χ0n) is 9.18. The Morgan fingerprint density at radius 1 is 1.25 bits per heavy atom. The summed E-state index contributed by atoms with van der Waals surface area (Å²) in [6, 6.07) is 0. The second-order valence-corrected chi connectivity index (χ2v) is 9.89. The van der Waals surface area contributed by atoms with Gasteiger partial charge in [0.15, 0.2) is 9.04 Å². The average molecular weight is 206 g/mol. The molecule has 0 unspecified atom stereocenters. The molecule has 12 heavy (non-hydrogen) atoms. The van der Waals surface area contributed by atoms with Gasteiger partial charge in [-0.1, -0.05) is 5.70 Å². The lowest BCUT2D eigenvalue weighted by molar-refractivity contribution is 0.415. The summed E-state index contributed by atoms with van der Waals surface area (Å²) in [5, 5.41) is 0. The van der Waals surface area contributed by atoms with Gasteiger partial charge in [0.2, 0.25) is 8.32 Å². The fourth-order valence-electron chi connectivity index (χ4n) is 0.0833. The first-order valence-corrected chi connectivity index (χ1v) is 9.87. The van der Waals surface area contributed by atoms with E-state index >= 15 is 0 Å². The number of rotatable bonds is 3. The minimum atomic E-state index is -1.39. The molecular weight excluding hydrogens is 184 g/mol. The number of hydrogen-bond donors (Lipinski definition) is 0. The van der Waals surface area contributed by atoms with Gasteiger partial charge in [-0.2, -0.15) is 0 Å². The summed E-state index contributed by atoms with van der Waals surface area (Å²) in [5.74, 6) is 0. The van der Waals surface area contributed by atoms with Crippen LogP contribution in [0.4, 0.5) is 0 Å². The van der Waals surface area contributed by atoms with Gasteiger partial charge in [-0.15, -0.1) is 6.58 Å². The second-order valence-electron chi connectivity index (χ2n) is 3.30. The fourth-order valence-corrected chi connectivity index (χ4v) is 0.250. The highest BCUT2D eigenvalue weighted by molar-refractivity contribution is 6.76. The molecule has 0 rings (SSSR count). The van der Waals surface area contributed by atoms with Crippen molar-refractivity contribution in [1.29, 1.82) is 0 Å². The summed E-state index contributed by atoms with van der Waals surface area (Å²) < 4.78 is 10.00. The van der Waals surface area contributed by atoms with Gasteiger partial charge in [-0.3, -0.25) is 0 Å². The lowest BCUT2D eigenvalue weighted by atomic mass is 11.3. The summed E-state index contributed by atoms with van der Waals surface area (Å²) >= 11 is 0. The molecule has 0 spiro atoms. The monoisotopic (exact) mass is 206 g/mol. The van der Waals surface area contributed by atoms with Crippen LogP contribution in [-0.4, -0.2) is 31.6 Å². The van der Waals surface area contributed by atoms with Crippen molar-refractivity contribution < 1.29 is 8.85 Å². The predicted octanol–water partition coefficient (Wildman–Crippen LogP) is 2.18. The molecule has 0 aliphatic heterocycles. The van der Waals surface area contributed by atoms with Crippen molar-refractivity contribution in [3.8, 4) is 0 Å². The summed E-state index contributed by atoms with van der Waals surface area (Å²) in [4.78, 5) is 0. The van der Waals surface area contributed by atoms with Crippen LogP contribution in [0.5, 0.6) is 0 Å². The van der Waals surface area contributed by atoms with Crippen molar-refractivity contribution in [2.24, 2.45) is 0 Å². The molecule has 0 aliphatic carbocycles. The summed E-state index contributed by atoms with van der Waals surface area (Å²) in [5.41, 5.74) is 1.91. The van der Waals surface area contributed by atoms with Crippen molar-refractivity contribution in [2.75, 3.05) is 14.2 Å². The molecule has 0 N–H and O–H groups in total. The van der Waals surface area contributed by atoms with Gasteiger partial charge in [0.1, 0.15) is 0 Å². The van der Waals surface area contributed by atoms with Gasteiger partial charge in [0.25, 0.3) is 0 Å². The quantitative estimate of drug-likeness (QED) is 0.659. The number of hydrogen-bond acceptors (Lipinski definition) is 2. The van der Waals surface area contributed by atoms with Crippen LogP contribution in [0.3, 0.4) is 0 Å². The van der Waals surface area contributed by atoms with Crippen LogP contribution in [-0.2, 0) is 8.85 Å². The van der Waals surface area contributed by atoms with Crippen LogP contribution in [0.2, 0.25) is 26.2 Å². The van der Waals surface area contributed by atoms with Crippen molar-refractivity contribution >= 4 is 17.4 Å². The Morgan fingerprint density at radius 2 is 1.58 bits per heavy atom. The molecule has 0 saturated heterocycles. The molecule has 0 aromatic carbocycles. The average Bonchev–Trinajstić information content (AvgIpc) is 2.05. The van der Waals surface area contributed by atoms with Crippen LogP contribution in [0, 0.1) is 0 Å². The SMILES string of the molecule is C=C[Si](C)(C)OC.CO[SiH](C)C. The maximum absolute atomic E-state index is 5.11. The second kappa shape index (κ2) is 7.73. The van der Waals surface area contributed by atoms with E-state index in [-0.39, 0.29) is 0 Å². The molecule has 0 bridgehead atoms. The van der Waals surface area contributed by atoms with Crippen molar-refractivity contribution in [1.82, 2.24) is 0 Å². The molecule has 0 aromatic rings. The van der Waals surface area contributed by atoms with Crippen molar-refractivity contribution in [2.45, 2.75) is 26.2 Å². The third kappa shape index (κ3) is 12.7. The fraction of sp³-hybridized carbons (Fsp3) is 0.750. The van der Waals surface area contributed by atoms with Gasteiger partial charge in [-0.25, -0.2) is 0 Å². The lowest BCUT2D eigenvalue weighted by Crippen LogP contribution is -2.24. The zero-order chi connectivity index (χ0) is 10.2. The Balaban J connectivity index is 0. The van der Waals surface area contributed by atoms with Crippen molar-refractivity contribution in [3.05, 3.63) is 12.3 Å². The molecule has 0 amide bonds. The highest BCUT2D eigenvalue weighted by atomic mass is 28.4. The first kappa shape index (κ1) is 14.6. The lowest BCUT2D eigenvalue weighted by Gasteiger charge is -2.12. The van der Waals surface area contributed by atoms with Crippen LogP contribution in [0.1, 0.15) is 0 Å². The molecule has 0 aliphatic rings. The zero-order valence-corrected chi connectivity index (χ0v) is 11.3. The van der Waals surface area contributed by atoms with E-state index in [1.807, 2.05) is 5.70 Å². The first-order valence-electron chi connectivity index (χ1n) is 4.11. The van der Waals surface area contributed by atoms with Gasteiger partial charge >= 0.3 is 0 Å². The highest BCUT2D eigenvalue weighted by Crippen LogP contribution is 2.00. The van der Waals surface area contributed by atoms with Crippen LogP contribution in [0.25, 0.3) is 0 Å². The molecule has 2 nitrogen and oxygen atoms in total. The highest BCUT2D eigenvalue weighted by Gasteiger charge is 2.13. The Labute approximate surface area is 79.4 Å². The van der Waals surface area contributed by atoms with E-state index in [9.17, 15) is 0 Å². The topological polar surface area (TPSA) is 18.5 Å². The van der Waals surface area contributed by atoms with Gasteiger partial charge < -0.3 is 8.85 Å². The standard InChI is InChI=1S/C5H12OSi.C3H10OSi/c1-5-7(3,4)6-2;1-4-5(2)3/h5H,1H2,2-4H3;5H,1-3H3. The van der Waals surface area contributed by atoms with E-state index in [1.54, 1.807) is 14.2 Å². The maximum Gasteiger partial charge on any atom is 0.209 e. The Kier molecular flexibility index (Phi) is 9.41. The smallest absolute Gasteiger partial charge is 0.209 e. The van der Waals surface area contributed by atoms with Crippen LogP contribution in [0.15, 0.2) is 12.3 Å². The van der Waals surface area contributed by atoms with E-state index in [2.05, 4.69) is 32.8 Å². The van der Waals surface area contributed by atoms with Gasteiger partial charge in [0, 0.05) is 14.2 Å². The molecule has 0 aromatic heterocycles. The molecule has 0 atom stereocenters. The molecule has 4 heteroatoms. The normalized spacial score (nSPS) is 10.6. The third-order valence-electron chi connectivity index (χ3n) is 1.49. The van der Waals surface area contributed by atoms with Crippen molar-refractivity contribution in [3.63, 3.8) is 0 Å². The largest absolute Gasteiger partial charge is 0.424 e. The van der Waals surface area contributed by atoms with Crippen LogP contribution < -0.4 is 0 Å². The third-order valence-corrected chi connectivity index (χ3v) is 4.47. The van der Waals surface area contributed by atoms with E-state index in [4.69, 9.17) is 8.85 Å². The minimum Gasteiger partial charge on any atom is -0.424 e. The maximum atomic E-state index is 5.11. The van der Waals surface area contributed by atoms with Gasteiger partial charge in [0.05, 0.1) is 0 Å². The Morgan fingerprint density at radius 3 is 1.58 bits per heavy atom. The van der Waals surface area contributed by atoms with Crippen LogP contribution >= 0.6 is 0 Å². The Hall–Kier alpha value is 0.0938. The molecule has 0 saturated carbocycles. The summed E-state index contributed by atoms with van der Waals surface area (Å²) in [6.07, 6.45) is 0. The molecule has 74 valence electrons.